The third-order valence-electron chi connectivity index (χ3n) is 3.55. The zero-order valence-electron chi connectivity index (χ0n) is 12.5. The van der Waals surface area contributed by atoms with Crippen LogP contribution in [0.5, 0.6) is 0 Å². The second-order valence-electron chi connectivity index (χ2n) is 5.73. The summed E-state index contributed by atoms with van der Waals surface area (Å²) < 4.78 is 0. The van der Waals surface area contributed by atoms with Crippen LogP contribution in [0, 0.1) is 13.8 Å². The predicted octanol–water partition coefficient (Wildman–Crippen LogP) is 3.99. The van der Waals surface area contributed by atoms with Gasteiger partial charge >= 0.3 is 5.97 Å². The number of carbonyl (C=O) groups is 1. The SMILES string of the molecule is Cc1cc(C)c2nc(C(C)C)cc(CCC(=O)O)c2c1. The number of hydrogen-bond acceptors (Lipinski definition) is 2. The lowest BCUT2D eigenvalue weighted by molar-refractivity contribution is -0.136. The minimum Gasteiger partial charge on any atom is -0.481 e. The number of pyridine rings is 1. The molecule has 0 amide bonds. The van der Waals surface area contributed by atoms with E-state index in [0.717, 1.165) is 27.7 Å². The molecule has 0 saturated carbocycles. The fourth-order valence-electron chi connectivity index (χ4n) is 2.52. The first-order valence-corrected chi connectivity index (χ1v) is 7.01. The summed E-state index contributed by atoms with van der Waals surface area (Å²) in [6.07, 6.45) is 0.709. The van der Waals surface area contributed by atoms with E-state index in [0.29, 0.717) is 12.3 Å². The van der Waals surface area contributed by atoms with Crippen LogP contribution in [-0.4, -0.2) is 16.1 Å². The van der Waals surface area contributed by atoms with Crippen molar-refractivity contribution in [2.75, 3.05) is 0 Å². The molecule has 0 fully saturated rings. The molecule has 3 nitrogen and oxygen atoms in total. The Balaban J connectivity index is 2.64. The molecule has 2 aromatic rings. The molecular formula is C17H21NO2. The smallest absolute Gasteiger partial charge is 0.303 e. The van der Waals surface area contributed by atoms with Gasteiger partial charge in [0.2, 0.25) is 0 Å². The first-order valence-electron chi connectivity index (χ1n) is 7.01. The number of benzene rings is 1. The van der Waals surface area contributed by atoms with Gasteiger partial charge in [-0.15, -0.1) is 0 Å². The van der Waals surface area contributed by atoms with E-state index in [1.165, 1.54) is 5.56 Å². The molecule has 20 heavy (non-hydrogen) atoms. The highest BCUT2D eigenvalue weighted by molar-refractivity contribution is 5.86. The molecule has 3 heteroatoms. The third-order valence-corrected chi connectivity index (χ3v) is 3.55. The highest BCUT2D eigenvalue weighted by Crippen LogP contribution is 2.27. The van der Waals surface area contributed by atoms with Crippen LogP contribution in [0.1, 0.15) is 48.6 Å². The van der Waals surface area contributed by atoms with Gasteiger partial charge in [0.05, 0.1) is 5.52 Å². The maximum absolute atomic E-state index is 10.8. The Morgan fingerprint density at radius 2 is 1.95 bits per heavy atom. The van der Waals surface area contributed by atoms with Crippen LogP contribution in [0.4, 0.5) is 0 Å². The van der Waals surface area contributed by atoms with Crippen LogP contribution in [0.2, 0.25) is 0 Å². The van der Waals surface area contributed by atoms with E-state index in [-0.39, 0.29) is 6.42 Å². The molecule has 0 aliphatic heterocycles. The third kappa shape index (κ3) is 2.98. The molecule has 0 saturated heterocycles. The molecule has 2 rings (SSSR count). The number of rotatable bonds is 4. The van der Waals surface area contributed by atoms with Gasteiger partial charge in [0.25, 0.3) is 0 Å². The van der Waals surface area contributed by atoms with Gasteiger partial charge in [-0.05, 0) is 49.4 Å². The molecule has 0 aliphatic carbocycles. The number of aromatic nitrogens is 1. The van der Waals surface area contributed by atoms with Crippen molar-refractivity contribution in [3.05, 3.63) is 40.6 Å². The van der Waals surface area contributed by atoms with E-state index in [2.05, 4.69) is 45.9 Å². The van der Waals surface area contributed by atoms with Crippen LogP contribution < -0.4 is 0 Å². The van der Waals surface area contributed by atoms with Crippen LogP contribution in [0.15, 0.2) is 18.2 Å². The molecule has 1 aromatic heterocycles. The lowest BCUT2D eigenvalue weighted by Gasteiger charge is -2.13. The summed E-state index contributed by atoms with van der Waals surface area (Å²) >= 11 is 0. The van der Waals surface area contributed by atoms with Crippen molar-refractivity contribution < 1.29 is 9.90 Å². The molecule has 0 bridgehead atoms. The second-order valence-corrected chi connectivity index (χ2v) is 5.73. The first-order chi connectivity index (χ1) is 9.38. The lowest BCUT2D eigenvalue weighted by atomic mass is 9.96. The monoisotopic (exact) mass is 271 g/mol. The number of carboxylic acid groups (broad SMARTS) is 1. The molecule has 0 spiro atoms. The molecule has 1 heterocycles. The zero-order valence-corrected chi connectivity index (χ0v) is 12.5. The number of aliphatic carboxylic acids is 1. The van der Waals surface area contributed by atoms with E-state index in [9.17, 15) is 4.79 Å². The van der Waals surface area contributed by atoms with Crippen molar-refractivity contribution in [3.8, 4) is 0 Å². The van der Waals surface area contributed by atoms with Gasteiger partial charge in [0.1, 0.15) is 0 Å². The molecule has 106 valence electrons. The minimum absolute atomic E-state index is 0.156. The predicted molar refractivity (Wildman–Crippen MR) is 81.3 cm³/mol. The Morgan fingerprint density at radius 3 is 2.55 bits per heavy atom. The Bertz CT molecular complexity index is 660. The first kappa shape index (κ1) is 14.5. The fourth-order valence-corrected chi connectivity index (χ4v) is 2.52. The van der Waals surface area contributed by atoms with Gasteiger partial charge in [-0.25, -0.2) is 0 Å². The van der Waals surface area contributed by atoms with Crippen LogP contribution >= 0.6 is 0 Å². The number of hydrogen-bond donors (Lipinski definition) is 1. The van der Waals surface area contributed by atoms with Crippen molar-refractivity contribution in [3.63, 3.8) is 0 Å². The van der Waals surface area contributed by atoms with Crippen LogP contribution in [-0.2, 0) is 11.2 Å². The largest absolute Gasteiger partial charge is 0.481 e. The summed E-state index contributed by atoms with van der Waals surface area (Å²) in [5, 5.41) is 10.0. The molecule has 1 N–H and O–H groups in total. The minimum atomic E-state index is -0.759. The normalized spacial score (nSPS) is 11.2. The Hall–Kier alpha value is -1.90. The zero-order chi connectivity index (χ0) is 14.9. The van der Waals surface area contributed by atoms with Crippen molar-refractivity contribution in [2.45, 2.75) is 46.5 Å². The summed E-state index contributed by atoms with van der Waals surface area (Å²) in [6.45, 7) is 8.34. The van der Waals surface area contributed by atoms with Crippen molar-refractivity contribution in [2.24, 2.45) is 0 Å². The average Bonchev–Trinajstić information content (AvgIpc) is 2.35. The second kappa shape index (κ2) is 5.61. The van der Waals surface area contributed by atoms with E-state index in [1.807, 2.05) is 0 Å². The van der Waals surface area contributed by atoms with Crippen molar-refractivity contribution >= 4 is 16.9 Å². The average molecular weight is 271 g/mol. The van der Waals surface area contributed by atoms with E-state index >= 15 is 0 Å². The molecule has 0 aliphatic rings. The van der Waals surface area contributed by atoms with E-state index < -0.39 is 5.97 Å². The van der Waals surface area contributed by atoms with Crippen LogP contribution in [0.3, 0.4) is 0 Å². The molecule has 0 radical (unpaired) electrons. The van der Waals surface area contributed by atoms with E-state index in [4.69, 9.17) is 10.1 Å². The van der Waals surface area contributed by atoms with Crippen molar-refractivity contribution in [1.82, 2.24) is 4.98 Å². The topological polar surface area (TPSA) is 50.2 Å². The Labute approximate surface area is 119 Å². The Kier molecular flexibility index (Phi) is 4.07. The molecule has 0 atom stereocenters. The summed E-state index contributed by atoms with van der Waals surface area (Å²) in [7, 11) is 0. The highest BCUT2D eigenvalue weighted by atomic mass is 16.4. The van der Waals surface area contributed by atoms with Crippen molar-refractivity contribution in [1.29, 1.82) is 0 Å². The number of carboxylic acids is 1. The van der Waals surface area contributed by atoms with Crippen LogP contribution in [0.25, 0.3) is 10.9 Å². The lowest BCUT2D eigenvalue weighted by Crippen LogP contribution is -2.02. The molecule has 1 aromatic carbocycles. The van der Waals surface area contributed by atoms with Gasteiger partial charge in [0, 0.05) is 17.5 Å². The Morgan fingerprint density at radius 1 is 1.25 bits per heavy atom. The summed E-state index contributed by atoms with van der Waals surface area (Å²) in [5.41, 5.74) is 5.46. The summed E-state index contributed by atoms with van der Waals surface area (Å²) in [4.78, 5) is 15.6. The van der Waals surface area contributed by atoms with E-state index in [1.54, 1.807) is 0 Å². The maximum Gasteiger partial charge on any atom is 0.303 e. The number of aryl methyl sites for hydroxylation is 3. The molecule has 0 unspecified atom stereocenters. The van der Waals surface area contributed by atoms with Gasteiger partial charge in [0.15, 0.2) is 0 Å². The standard InChI is InChI=1S/C17H21NO2/c1-10(2)15-9-13(5-6-16(19)20)14-8-11(3)7-12(4)17(14)18-15/h7-10H,5-6H2,1-4H3,(H,19,20). The van der Waals surface area contributed by atoms with Gasteiger partial charge in [-0.2, -0.15) is 0 Å². The van der Waals surface area contributed by atoms with Gasteiger partial charge < -0.3 is 5.11 Å². The number of nitrogens with zero attached hydrogens (tertiary/aromatic N) is 1. The molecular weight excluding hydrogens is 250 g/mol. The summed E-state index contributed by atoms with van der Waals surface area (Å²) in [5.74, 6) is -0.422. The fraction of sp³-hybridized carbons (Fsp3) is 0.412. The quantitative estimate of drug-likeness (QED) is 0.914. The highest BCUT2D eigenvalue weighted by Gasteiger charge is 2.12. The summed E-state index contributed by atoms with van der Waals surface area (Å²) in [6, 6.07) is 6.30. The maximum atomic E-state index is 10.8. The van der Waals surface area contributed by atoms with Gasteiger partial charge in [-0.3, -0.25) is 9.78 Å². The van der Waals surface area contributed by atoms with Gasteiger partial charge in [-0.1, -0.05) is 25.5 Å². The number of fused-ring (bicyclic) bond motifs is 1.